The van der Waals surface area contributed by atoms with E-state index in [4.69, 9.17) is 0 Å². The summed E-state index contributed by atoms with van der Waals surface area (Å²) >= 11 is 0. The second-order valence-electron chi connectivity index (χ2n) is 6.80. The van der Waals surface area contributed by atoms with Crippen molar-refractivity contribution in [2.75, 3.05) is 32.7 Å². The van der Waals surface area contributed by atoms with Crippen molar-refractivity contribution in [2.45, 2.75) is 32.1 Å². The molecule has 24 heavy (non-hydrogen) atoms. The quantitative estimate of drug-likeness (QED) is 0.818. The molecule has 3 amide bonds. The molecule has 0 aromatic carbocycles. The SMILES string of the molecule is Cn1cc(CCCNC(=O)N2CCCN(C(=O)C3CC3)CC2)cn1. The van der Waals surface area contributed by atoms with Crippen LogP contribution >= 0.6 is 0 Å². The summed E-state index contributed by atoms with van der Waals surface area (Å²) in [6.45, 7) is 3.46. The van der Waals surface area contributed by atoms with Gasteiger partial charge in [-0.2, -0.15) is 5.10 Å². The van der Waals surface area contributed by atoms with E-state index in [-0.39, 0.29) is 17.9 Å². The molecule has 132 valence electrons. The summed E-state index contributed by atoms with van der Waals surface area (Å²) in [7, 11) is 1.90. The van der Waals surface area contributed by atoms with E-state index in [9.17, 15) is 9.59 Å². The fourth-order valence-electron chi connectivity index (χ4n) is 3.13. The number of aromatic nitrogens is 2. The van der Waals surface area contributed by atoms with Gasteiger partial charge in [-0.05, 0) is 37.7 Å². The second kappa shape index (κ2) is 7.68. The summed E-state index contributed by atoms with van der Waals surface area (Å²) in [5.41, 5.74) is 1.19. The molecule has 2 heterocycles. The Hall–Kier alpha value is -2.05. The van der Waals surface area contributed by atoms with Crippen LogP contribution in [0.1, 0.15) is 31.2 Å². The van der Waals surface area contributed by atoms with Gasteiger partial charge in [0, 0.05) is 51.9 Å². The lowest BCUT2D eigenvalue weighted by Gasteiger charge is -2.22. The van der Waals surface area contributed by atoms with Crippen LogP contribution in [-0.2, 0) is 18.3 Å². The fraction of sp³-hybridized carbons (Fsp3) is 0.706. The predicted octanol–water partition coefficient (Wildman–Crippen LogP) is 1.01. The van der Waals surface area contributed by atoms with Crippen LogP contribution < -0.4 is 5.32 Å². The maximum atomic E-state index is 12.3. The van der Waals surface area contributed by atoms with Crippen LogP contribution in [0.25, 0.3) is 0 Å². The molecule has 0 unspecified atom stereocenters. The number of nitrogens with one attached hydrogen (secondary N) is 1. The van der Waals surface area contributed by atoms with E-state index in [0.717, 1.165) is 45.2 Å². The molecule has 1 aliphatic heterocycles. The zero-order valence-corrected chi connectivity index (χ0v) is 14.4. The first-order valence-corrected chi connectivity index (χ1v) is 8.92. The van der Waals surface area contributed by atoms with Crippen LogP contribution in [0.2, 0.25) is 0 Å². The molecular weight excluding hydrogens is 306 g/mol. The van der Waals surface area contributed by atoms with E-state index >= 15 is 0 Å². The zero-order valence-electron chi connectivity index (χ0n) is 14.4. The van der Waals surface area contributed by atoms with E-state index in [1.54, 1.807) is 4.68 Å². The van der Waals surface area contributed by atoms with Crippen molar-refractivity contribution in [3.8, 4) is 0 Å². The highest BCUT2D eigenvalue weighted by atomic mass is 16.2. The van der Waals surface area contributed by atoms with Gasteiger partial charge in [-0.1, -0.05) is 0 Å². The topological polar surface area (TPSA) is 70.5 Å². The van der Waals surface area contributed by atoms with Crippen molar-refractivity contribution < 1.29 is 9.59 Å². The van der Waals surface area contributed by atoms with Gasteiger partial charge in [-0.3, -0.25) is 9.48 Å². The molecule has 1 aliphatic carbocycles. The maximum Gasteiger partial charge on any atom is 0.317 e. The molecule has 0 radical (unpaired) electrons. The summed E-state index contributed by atoms with van der Waals surface area (Å²) < 4.78 is 1.79. The number of hydrogen-bond acceptors (Lipinski definition) is 3. The maximum absolute atomic E-state index is 12.3. The molecule has 2 fully saturated rings. The van der Waals surface area contributed by atoms with Gasteiger partial charge < -0.3 is 15.1 Å². The highest BCUT2D eigenvalue weighted by molar-refractivity contribution is 5.81. The first kappa shape index (κ1) is 16.8. The molecule has 3 rings (SSSR count). The first-order chi connectivity index (χ1) is 11.6. The Bertz CT molecular complexity index is 581. The van der Waals surface area contributed by atoms with Gasteiger partial charge in [0.15, 0.2) is 0 Å². The third-order valence-corrected chi connectivity index (χ3v) is 4.70. The highest BCUT2D eigenvalue weighted by Gasteiger charge is 2.34. The third-order valence-electron chi connectivity index (χ3n) is 4.70. The number of amides is 3. The van der Waals surface area contributed by atoms with E-state index in [0.29, 0.717) is 19.6 Å². The largest absolute Gasteiger partial charge is 0.341 e. The summed E-state index contributed by atoms with van der Waals surface area (Å²) in [6, 6.07) is -0.0121. The van der Waals surface area contributed by atoms with Gasteiger partial charge in [0.1, 0.15) is 0 Å². The summed E-state index contributed by atoms with van der Waals surface area (Å²) in [5, 5.41) is 7.13. The standard InChI is InChI=1S/C17H27N5O2/c1-20-13-14(12-19-20)4-2-7-18-17(24)22-9-3-8-21(10-11-22)16(23)15-5-6-15/h12-13,15H,2-11H2,1H3,(H,18,24). The molecule has 1 N–H and O–H groups in total. The molecule has 2 aliphatic rings. The van der Waals surface area contributed by atoms with E-state index in [1.165, 1.54) is 5.56 Å². The molecule has 1 aromatic heterocycles. The van der Waals surface area contributed by atoms with Gasteiger partial charge in [0.25, 0.3) is 0 Å². The molecule has 0 atom stereocenters. The van der Waals surface area contributed by atoms with E-state index in [2.05, 4.69) is 10.4 Å². The number of urea groups is 1. The highest BCUT2D eigenvalue weighted by Crippen LogP contribution is 2.31. The number of aryl methyl sites for hydroxylation is 2. The fourth-order valence-corrected chi connectivity index (χ4v) is 3.13. The lowest BCUT2D eigenvalue weighted by molar-refractivity contribution is -0.132. The van der Waals surface area contributed by atoms with Gasteiger partial charge in [-0.15, -0.1) is 0 Å². The van der Waals surface area contributed by atoms with Gasteiger partial charge in [-0.25, -0.2) is 4.79 Å². The Morgan fingerprint density at radius 3 is 2.67 bits per heavy atom. The van der Waals surface area contributed by atoms with Crippen LogP contribution in [0.4, 0.5) is 4.79 Å². The first-order valence-electron chi connectivity index (χ1n) is 8.92. The normalized spacial score (nSPS) is 18.4. The second-order valence-corrected chi connectivity index (χ2v) is 6.80. The molecule has 1 saturated heterocycles. The number of rotatable bonds is 5. The summed E-state index contributed by atoms with van der Waals surface area (Å²) in [4.78, 5) is 28.2. The smallest absolute Gasteiger partial charge is 0.317 e. The Kier molecular flexibility index (Phi) is 5.37. The zero-order chi connectivity index (χ0) is 16.9. The number of carbonyl (C=O) groups is 2. The Labute approximate surface area is 143 Å². The number of nitrogens with zero attached hydrogens (tertiary/aromatic N) is 4. The van der Waals surface area contributed by atoms with Gasteiger partial charge in [0.05, 0.1) is 6.20 Å². The van der Waals surface area contributed by atoms with Crippen molar-refractivity contribution in [1.29, 1.82) is 0 Å². The molecule has 0 bridgehead atoms. The monoisotopic (exact) mass is 333 g/mol. The molecular formula is C17H27N5O2. The third kappa shape index (κ3) is 4.49. The average molecular weight is 333 g/mol. The van der Waals surface area contributed by atoms with Crippen LogP contribution in [-0.4, -0.2) is 64.2 Å². The Morgan fingerprint density at radius 2 is 1.96 bits per heavy atom. The lowest BCUT2D eigenvalue weighted by atomic mass is 10.2. The van der Waals surface area contributed by atoms with Crippen LogP contribution in [0, 0.1) is 5.92 Å². The van der Waals surface area contributed by atoms with Crippen LogP contribution in [0.5, 0.6) is 0 Å². The van der Waals surface area contributed by atoms with Crippen molar-refractivity contribution >= 4 is 11.9 Å². The lowest BCUT2D eigenvalue weighted by Crippen LogP contribution is -2.43. The van der Waals surface area contributed by atoms with E-state index in [1.807, 2.05) is 29.2 Å². The molecule has 1 aromatic rings. The van der Waals surface area contributed by atoms with Crippen molar-refractivity contribution in [1.82, 2.24) is 24.9 Å². The minimum atomic E-state index is -0.0121. The van der Waals surface area contributed by atoms with E-state index < -0.39 is 0 Å². The number of carbonyl (C=O) groups excluding carboxylic acids is 2. The summed E-state index contributed by atoms with van der Waals surface area (Å²) in [5.74, 6) is 0.548. The minimum absolute atomic E-state index is 0.0121. The van der Waals surface area contributed by atoms with Crippen molar-refractivity contribution in [2.24, 2.45) is 13.0 Å². The minimum Gasteiger partial charge on any atom is -0.341 e. The predicted molar refractivity (Wildman–Crippen MR) is 90.4 cm³/mol. The number of hydrogen-bond donors (Lipinski definition) is 1. The molecule has 7 heteroatoms. The molecule has 0 spiro atoms. The van der Waals surface area contributed by atoms with Crippen molar-refractivity contribution in [3.63, 3.8) is 0 Å². The summed E-state index contributed by atoms with van der Waals surface area (Å²) in [6.07, 6.45) is 8.62. The average Bonchev–Trinajstić information content (AvgIpc) is 3.37. The molecule has 7 nitrogen and oxygen atoms in total. The molecule has 1 saturated carbocycles. The van der Waals surface area contributed by atoms with Gasteiger partial charge in [0.2, 0.25) is 5.91 Å². The van der Waals surface area contributed by atoms with Gasteiger partial charge >= 0.3 is 6.03 Å². The Balaban J connectivity index is 1.36. The Morgan fingerprint density at radius 1 is 1.21 bits per heavy atom. The van der Waals surface area contributed by atoms with Crippen molar-refractivity contribution in [3.05, 3.63) is 18.0 Å². The van der Waals surface area contributed by atoms with Crippen LogP contribution in [0.3, 0.4) is 0 Å². The van der Waals surface area contributed by atoms with Crippen LogP contribution in [0.15, 0.2) is 12.4 Å².